The first-order valence-corrected chi connectivity index (χ1v) is 7.02. The predicted molar refractivity (Wildman–Crippen MR) is 76.9 cm³/mol. The number of aliphatic carboxylic acids is 1. The fourth-order valence-electron chi connectivity index (χ4n) is 1.77. The molecule has 2 N–H and O–H groups in total. The smallest absolute Gasteiger partial charge is 0.303 e. The van der Waals surface area contributed by atoms with E-state index in [9.17, 15) is 9.59 Å². The van der Waals surface area contributed by atoms with Gasteiger partial charge in [-0.3, -0.25) is 9.59 Å². The molecule has 1 atom stereocenters. The molecule has 0 fully saturated rings. The molecule has 19 heavy (non-hydrogen) atoms. The van der Waals surface area contributed by atoms with Gasteiger partial charge >= 0.3 is 5.97 Å². The van der Waals surface area contributed by atoms with Crippen LogP contribution in [-0.4, -0.2) is 23.0 Å². The second-order valence-electron chi connectivity index (χ2n) is 4.55. The minimum absolute atomic E-state index is 0.0362. The summed E-state index contributed by atoms with van der Waals surface area (Å²) in [4.78, 5) is 21.9. The van der Waals surface area contributed by atoms with E-state index in [0.717, 1.165) is 16.5 Å². The predicted octanol–water partition coefficient (Wildman–Crippen LogP) is 2.75. The Bertz CT molecular complexity index is 431. The lowest BCUT2D eigenvalue weighted by Gasteiger charge is -2.14. The molecule has 0 heterocycles. The normalized spacial score (nSPS) is 11.9. The number of halogens is 1. The monoisotopic (exact) mass is 327 g/mol. The van der Waals surface area contributed by atoms with Crippen molar-refractivity contribution in [2.45, 2.75) is 38.6 Å². The van der Waals surface area contributed by atoms with Gasteiger partial charge in [-0.1, -0.05) is 28.1 Å². The molecule has 5 heteroatoms. The number of hydrogen-bond acceptors (Lipinski definition) is 2. The highest BCUT2D eigenvalue weighted by atomic mass is 79.9. The number of rotatable bonds is 7. The molecule has 0 saturated carbocycles. The van der Waals surface area contributed by atoms with Crippen molar-refractivity contribution in [3.8, 4) is 0 Å². The van der Waals surface area contributed by atoms with E-state index in [-0.39, 0.29) is 24.8 Å². The van der Waals surface area contributed by atoms with Crippen LogP contribution in [0.25, 0.3) is 0 Å². The molecule has 1 unspecified atom stereocenters. The maximum atomic E-state index is 11.6. The second-order valence-corrected chi connectivity index (χ2v) is 5.46. The molecule has 0 aliphatic carbocycles. The summed E-state index contributed by atoms with van der Waals surface area (Å²) in [5, 5.41) is 11.4. The van der Waals surface area contributed by atoms with E-state index in [0.29, 0.717) is 6.42 Å². The number of hydrogen-bond donors (Lipinski definition) is 2. The van der Waals surface area contributed by atoms with E-state index in [1.807, 2.05) is 31.2 Å². The van der Waals surface area contributed by atoms with Crippen LogP contribution in [0.5, 0.6) is 0 Å². The lowest BCUT2D eigenvalue weighted by Crippen LogP contribution is -2.33. The number of amides is 1. The lowest BCUT2D eigenvalue weighted by atomic mass is 10.1. The maximum absolute atomic E-state index is 11.6. The first-order chi connectivity index (χ1) is 8.97. The van der Waals surface area contributed by atoms with Crippen LogP contribution in [0.4, 0.5) is 0 Å². The van der Waals surface area contributed by atoms with Gasteiger partial charge in [0, 0.05) is 23.4 Å². The summed E-state index contributed by atoms with van der Waals surface area (Å²) in [6, 6.07) is 8.00. The minimum Gasteiger partial charge on any atom is -0.481 e. The number of carbonyl (C=O) groups excluding carboxylic acids is 1. The number of carboxylic acid groups (broad SMARTS) is 1. The second kappa shape index (κ2) is 7.94. The summed E-state index contributed by atoms with van der Waals surface area (Å²) in [6.07, 6.45) is 1.44. The van der Waals surface area contributed by atoms with Crippen LogP contribution in [0.15, 0.2) is 28.7 Å². The standard InChI is InChI=1S/C14H18BrNO3/c1-10(9-11-5-7-12(15)8-6-11)16-13(17)3-2-4-14(18)19/h5-8,10H,2-4,9H2,1H3,(H,16,17)(H,18,19). The Kier molecular flexibility index (Phi) is 6.56. The van der Waals surface area contributed by atoms with Crippen LogP contribution >= 0.6 is 15.9 Å². The van der Waals surface area contributed by atoms with Crippen molar-refractivity contribution in [1.29, 1.82) is 0 Å². The zero-order chi connectivity index (χ0) is 14.3. The fraction of sp³-hybridized carbons (Fsp3) is 0.429. The average molecular weight is 328 g/mol. The van der Waals surface area contributed by atoms with E-state index in [2.05, 4.69) is 21.2 Å². The topological polar surface area (TPSA) is 66.4 Å². The van der Waals surface area contributed by atoms with Gasteiger partial charge in [0.25, 0.3) is 0 Å². The van der Waals surface area contributed by atoms with Crippen LogP contribution in [-0.2, 0) is 16.0 Å². The highest BCUT2D eigenvalue weighted by Crippen LogP contribution is 2.12. The molecule has 104 valence electrons. The first-order valence-electron chi connectivity index (χ1n) is 6.23. The van der Waals surface area contributed by atoms with Gasteiger partial charge in [-0.25, -0.2) is 0 Å². The van der Waals surface area contributed by atoms with E-state index in [1.54, 1.807) is 0 Å². The van der Waals surface area contributed by atoms with Crippen LogP contribution in [0.3, 0.4) is 0 Å². The first kappa shape index (κ1) is 15.7. The largest absolute Gasteiger partial charge is 0.481 e. The van der Waals surface area contributed by atoms with Gasteiger partial charge in [0.15, 0.2) is 0 Å². The van der Waals surface area contributed by atoms with E-state index in [4.69, 9.17) is 5.11 Å². The number of benzene rings is 1. The molecule has 1 rings (SSSR count). The molecular formula is C14H18BrNO3. The molecule has 0 aliphatic rings. The molecule has 1 aromatic rings. The van der Waals surface area contributed by atoms with Gasteiger partial charge in [-0.05, 0) is 37.5 Å². The van der Waals surface area contributed by atoms with Crippen molar-refractivity contribution >= 4 is 27.8 Å². The van der Waals surface area contributed by atoms with E-state index >= 15 is 0 Å². The van der Waals surface area contributed by atoms with Gasteiger partial charge in [-0.2, -0.15) is 0 Å². The van der Waals surface area contributed by atoms with Gasteiger partial charge in [0.05, 0.1) is 0 Å². The van der Waals surface area contributed by atoms with Crippen molar-refractivity contribution < 1.29 is 14.7 Å². The van der Waals surface area contributed by atoms with E-state index < -0.39 is 5.97 Å². The maximum Gasteiger partial charge on any atom is 0.303 e. The Morgan fingerprint density at radius 2 is 1.89 bits per heavy atom. The van der Waals surface area contributed by atoms with Crippen LogP contribution in [0, 0.1) is 0 Å². The summed E-state index contributed by atoms with van der Waals surface area (Å²) in [7, 11) is 0. The van der Waals surface area contributed by atoms with E-state index in [1.165, 1.54) is 0 Å². The Balaban J connectivity index is 2.30. The quantitative estimate of drug-likeness (QED) is 0.809. The Morgan fingerprint density at radius 3 is 2.47 bits per heavy atom. The lowest BCUT2D eigenvalue weighted by molar-refractivity contribution is -0.137. The third-order valence-corrected chi connectivity index (χ3v) is 3.19. The summed E-state index contributed by atoms with van der Waals surface area (Å²) in [6.45, 7) is 1.94. The molecule has 0 aliphatic heterocycles. The van der Waals surface area contributed by atoms with Crippen molar-refractivity contribution in [3.05, 3.63) is 34.3 Å². The highest BCUT2D eigenvalue weighted by molar-refractivity contribution is 9.10. The molecule has 1 aromatic carbocycles. The third-order valence-electron chi connectivity index (χ3n) is 2.66. The third kappa shape index (κ3) is 6.96. The fourth-order valence-corrected chi connectivity index (χ4v) is 2.04. The summed E-state index contributed by atoms with van der Waals surface area (Å²) < 4.78 is 1.03. The van der Waals surface area contributed by atoms with Gasteiger partial charge in [0.1, 0.15) is 0 Å². The van der Waals surface area contributed by atoms with Crippen molar-refractivity contribution in [3.63, 3.8) is 0 Å². The van der Waals surface area contributed by atoms with Crippen molar-refractivity contribution in [1.82, 2.24) is 5.32 Å². The van der Waals surface area contributed by atoms with Gasteiger partial charge < -0.3 is 10.4 Å². The Hall–Kier alpha value is -1.36. The van der Waals surface area contributed by atoms with Crippen LogP contribution in [0.2, 0.25) is 0 Å². The Morgan fingerprint density at radius 1 is 1.26 bits per heavy atom. The van der Waals surface area contributed by atoms with Crippen LogP contribution in [0.1, 0.15) is 31.7 Å². The molecule has 4 nitrogen and oxygen atoms in total. The summed E-state index contributed by atoms with van der Waals surface area (Å²) >= 11 is 3.37. The number of carbonyl (C=O) groups is 2. The Labute approximate surface area is 121 Å². The summed E-state index contributed by atoms with van der Waals surface area (Å²) in [5.41, 5.74) is 1.15. The molecule has 0 aromatic heterocycles. The molecule has 0 saturated heterocycles. The van der Waals surface area contributed by atoms with Gasteiger partial charge in [-0.15, -0.1) is 0 Å². The molecular weight excluding hydrogens is 310 g/mol. The average Bonchev–Trinajstić information content (AvgIpc) is 2.31. The SMILES string of the molecule is CC(Cc1ccc(Br)cc1)NC(=O)CCCC(=O)O. The van der Waals surface area contributed by atoms with Gasteiger partial charge in [0.2, 0.25) is 5.91 Å². The highest BCUT2D eigenvalue weighted by Gasteiger charge is 2.08. The molecule has 1 amide bonds. The summed E-state index contributed by atoms with van der Waals surface area (Å²) in [5.74, 6) is -0.957. The number of carboxylic acids is 1. The molecule has 0 radical (unpaired) electrons. The molecule has 0 bridgehead atoms. The van der Waals surface area contributed by atoms with Crippen LogP contribution < -0.4 is 5.32 Å². The van der Waals surface area contributed by atoms with Crippen molar-refractivity contribution in [2.24, 2.45) is 0 Å². The number of nitrogens with one attached hydrogen (secondary N) is 1. The zero-order valence-corrected chi connectivity index (χ0v) is 12.4. The molecule has 0 spiro atoms. The zero-order valence-electron chi connectivity index (χ0n) is 10.9. The minimum atomic E-state index is -0.865. The van der Waals surface area contributed by atoms with Crippen molar-refractivity contribution in [2.75, 3.05) is 0 Å².